The molecule has 2 heterocycles. The molecule has 0 saturated carbocycles. The third-order valence-corrected chi connectivity index (χ3v) is 7.82. The van der Waals surface area contributed by atoms with Crippen LogP contribution in [-0.2, 0) is 17.7 Å². The molecule has 0 aliphatic rings. The number of nitrogens with one attached hydrogen (secondary N) is 2. The summed E-state index contributed by atoms with van der Waals surface area (Å²) in [6.45, 7) is 5.20. The number of tetrazole rings is 1. The Kier molecular flexibility index (Phi) is 8.56. The van der Waals surface area contributed by atoms with Crippen LogP contribution < -0.4 is 5.32 Å². The van der Waals surface area contributed by atoms with Crippen LogP contribution in [0.4, 0.5) is 0 Å². The summed E-state index contributed by atoms with van der Waals surface area (Å²) in [5, 5.41) is 17.8. The number of aromatic nitrogens is 6. The molecule has 6 rings (SSSR count). The lowest BCUT2D eigenvalue weighted by Crippen LogP contribution is -2.31. The summed E-state index contributed by atoms with van der Waals surface area (Å²) < 4.78 is 7.67. The maximum atomic E-state index is 13.6. The van der Waals surface area contributed by atoms with Crippen molar-refractivity contribution in [1.82, 2.24) is 35.5 Å². The molecule has 0 saturated heterocycles. The number of aryl methyl sites for hydroxylation is 2. The molecular formula is C35H35N7O2. The van der Waals surface area contributed by atoms with Crippen molar-refractivity contribution in [2.45, 2.75) is 39.3 Å². The van der Waals surface area contributed by atoms with Crippen molar-refractivity contribution in [3.63, 3.8) is 0 Å². The highest BCUT2D eigenvalue weighted by Crippen LogP contribution is 2.30. The smallest absolute Gasteiger partial charge is 0.251 e. The summed E-state index contributed by atoms with van der Waals surface area (Å²) in [6, 6.07) is 30.1. The van der Waals surface area contributed by atoms with E-state index in [4.69, 9.17) is 9.72 Å². The summed E-state index contributed by atoms with van der Waals surface area (Å²) in [5.74, 6) is 1.43. The first-order chi connectivity index (χ1) is 21.6. The van der Waals surface area contributed by atoms with Crippen LogP contribution in [0.3, 0.4) is 0 Å². The Morgan fingerprint density at radius 2 is 1.73 bits per heavy atom. The Bertz CT molecular complexity index is 1860. The van der Waals surface area contributed by atoms with Gasteiger partial charge in [0.2, 0.25) is 5.82 Å². The number of nitrogens with zero attached hydrogens (tertiary/aromatic N) is 5. The van der Waals surface area contributed by atoms with Gasteiger partial charge >= 0.3 is 0 Å². The Labute approximate surface area is 256 Å². The number of ether oxygens (including phenoxy) is 1. The lowest BCUT2D eigenvalue weighted by molar-refractivity contribution is 0.0896. The molecule has 0 unspecified atom stereocenters. The number of amides is 1. The van der Waals surface area contributed by atoms with Gasteiger partial charge in [-0.05, 0) is 58.5 Å². The molecule has 9 heteroatoms. The molecule has 1 amide bonds. The zero-order chi connectivity index (χ0) is 30.5. The molecule has 0 aliphatic heterocycles. The maximum Gasteiger partial charge on any atom is 0.251 e. The summed E-state index contributed by atoms with van der Waals surface area (Å²) >= 11 is 0. The number of carbonyl (C=O) groups excluding carboxylic acids is 1. The molecule has 6 aromatic rings. The zero-order valence-electron chi connectivity index (χ0n) is 25.1. The second-order valence-electron chi connectivity index (χ2n) is 10.9. The number of aromatic amines is 1. The number of rotatable bonds is 11. The van der Waals surface area contributed by atoms with E-state index >= 15 is 0 Å². The van der Waals surface area contributed by atoms with E-state index in [9.17, 15) is 4.79 Å². The van der Waals surface area contributed by atoms with Gasteiger partial charge in [-0.2, -0.15) is 5.21 Å². The minimum absolute atomic E-state index is 0.143. The van der Waals surface area contributed by atoms with Gasteiger partial charge in [0, 0.05) is 31.2 Å². The van der Waals surface area contributed by atoms with Crippen LogP contribution in [-0.4, -0.2) is 49.8 Å². The van der Waals surface area contributed by atoms with Gasteiger partial charge in [0.1, 0.15) is 5.82 Å². The number of imidazole rings is 1. The molecular weight excluding hydrogens is 550 g/mol. The van der Waals surface area contributed by atoms with Crippen LogP contribution in [0.5, 0.6) is 0 Å². The second kappa shape index (κ2) is 13.0. The number of methoxy groups -OCH3 is 1. The van der Waals surface area contributed by atoms with Crippen LogP contribution in [0.2, 0.25) is 0 Å². The molecule has 0 spiro atoms. The Balaban J connectivity index is 1.31. The number of fused-ring (bicyclic) bond motifs is 1. The second-order valence-corrected chi connectivity index (χ2v) is 10.9. The molecule has 1 atom stereocenters. The van der Waals surface area contributed by atoms with Gasteiger partial charge < -0.3 is 14.6 Å². The van der Waals surface area contributed by atoms with E-state index in [0.29, 0.717) is 24.5 Å². The van der Waals surface area contributed by atoms with E-state index in [1.165, 1.54) is 0 Å². The van der Waals surface area contributed by atoms with E-state index in [-0.39, 0.29) is 11.9 Å². The standard InChI is InChI=1S/C35H35N7O2/c1-4-10-32-37-33-23(2)19-27(35(43)36-30(22-44-3)26-11-6-5-7-12-26)20-31(33)42(32)21-24-15-17-25(18-16-24)28-13-8-9-14-29(28)34-38-40-41-39-34/h5-9,11-20,30H,4,10,21-22H2,1-3H3,(H,36,43)(H,38,39,40,41)/t30-/m1/s1. The normalized spacial score (nSPS) is 12.0. The molecule has 0 radical (unpaired) electrons. The van der Waals surface area contributed by atoms with Crippen molar-refractivity contribution in [3.05, 3.63) is 119 Å². The molecule has 44 heavy (non-hydrogen) atoms. The summed E-state index contributed by atoms with van der Waals surface area (Å²) in [5.41, 5.74) is 8.61. The highest BCUT2D eigenvalue weighted by atomic mass is 16.5. The fourth-order valence-corrected chi connectivity index (χ4v) is 5.66. The van der Waals surface area contributed by atoms with Crippen molar-refractivity contribution in [1.29, 1.82) is 0 Å². The van der Waals surface area contributed by atoms with Gasteiger partial charge in [0.05, 0.1) is 23.7 Å². The number of hydrogen-bond acceptors (Lipinski definition) is 6. The summed E-state index contributed by atoms with van der Waals surface area (Å²) in [4.78, 5) is 18.6. The van der Waals surface area contributed by atoms with E-state index in [1.54, 1.807) is 7.11 Å². The Morgan fingerprint density at radius 3 is 2.43 bits per heavy atom. The highest BCUT2D eigenvalue weighted by molar-refractivity contribution is 5.98. The number of H-pyrrole nitrogens is 1. The van der Waals surface area contributed by atoms with Crippen molar-refractivity contribution >= 4 is 16.9 Å². The molecule has 222 valence electrons. The minimum Gasteiger partial charge on any atom is -0.382 e. The number of hydrogen-bond donors (Lipinski definition) is 2. The average Bonchev–Trinajstić information content (AvgIpc) is 3.71. The first-order valence-corrected chi connectivity index (χ1v) is 14.8. The molecule has 2 N–H and O–H groups in total. The predicted molar refractivity (Wildman–Crippen MR) is 171 cm³/mol. The van der Waals surface area contributed by atoms with Crippen molar-refractivity contribution in [2.75, 3.05) is 13.7 Å². The van der Waals surface area contributed by atoms with Gasteiger partial charge in [0.15, 0.2) is 0 Å². The fourth-order valence-electron chi connectivity index (χ4n) is 5.66. The minimum atomic E-state index is -0.256. The zero-order valence-corrected chi connectivity index (χ0v) is 25.1. The van der Waals surface area contributed by atoms with Crippen molar-refractivity contribution < 1.29 is 9.53 Å². The van der Waals surface area contributed by atoms with Crippen LogP contribution in [0.15, 0.2) is 91.0 Å². The van der Waals surface area contributed by atoms with Gasteiger partial charge in [-0.25, -0.2) is 4.98 Å². The summed E-state index contributed by atoms with van der Waals surface area (Å²) in [6.07, 6.45) is 1.81. The number of benzene rings is 4. The van der Waals surface area contributed by atoms with Gasteiger partial charge in [-0.15, -0.1) is 10.2 Å². The van der Waals surface area contributed by atoms with Crippen LogP contribution in [0.25, 0.3) is 33.5 Å². The quantitative estimate of drug-likeness (QED) is 0.184. The van der Waals surface area contributed by atoms with E-state index in [1.807, 2.05) is 67.6 Å². The van der Waals surface area contributed by atoms with Gasteiger partial charge in [-0.1, -0.05) is 85.8 Å². The molecule has 2 aromatic heterocycles. The summed E-state index contributed by atoms with van der Waals surface area (Å²) in [7, 11) is 1.64. The highest BCUT2D eigenvalue weighted by Gasteiger charge is 2.20. The topological polar surface area (TPSA) is 111 Å². The third-order valence-electron chi connectivity index (χ3n) is 7.82. The molecule has 4 aromatic carbocycles. The lowest BCUT2D eigenvalue weighted by atomic mass is 9.98. The number of carbonyl (C=O) groups is 1. The van der Waals surface area contributed by atoms with Crippen LogP contribution in [0, 0.1) is 6.92 Å². The van der Waals surface area contributed by atoms with Crippen LogP contribution >= 0.6 is 0 Å². The largest absolute Gasteiger partial charge is 0.382 e. The molecule has 0 bridgehead atoms. The predicted octanol–water partition coefficient (Wildman–Crippen LogP) is 6.31. The van der Waals surface area contributed by atoms with Gasteiger partial charge in [0.25, 0.3) is 5.91 Å². The van der Waals surface area contributed by atoms with Crippen LogP contribution in [0.1, 0.15) is 52.3 Å². The van der Waals surface area contributed by atoms with Crippen molar-refractivity contribution in [3.8, 4) is 22.5 Å². The van der Waals surface area contributed by atoms with E-state index < -0.39 is 0 Å². The Hall–Kier alpha value is -5.15. The monoisotopic (exact) mass is 585 g/mol. The molecule has 0 aliphatic carbocycles. The Morgan fingerprint density at radius 1 is 0.977 bits per heavy atom. The maximum absolute atomic E-state index is 13.6. The SMILES string of the molecule is CCCc1nc2c(C)cc(C(=O)N[C@H](COC)c3ccccc3)cc2n1Cc1ccc(-c2ccccc2-c2nn[nH]n2)cc1. The van der Waals surface area contributed by atoms with E-state index in [2.05, 4.69) is 67.8 Å². The molecule has 0 fully saturated rings. The lowest BCUT2D eigenvalue weighted by Gasteiger charge is -2.19. The first kappa shape index (κ1) is 28.9. The van der Waals surface area contributed by atoms with Crippen molar-refractivity contribution in [2.24, 2.45) is 0 Å². The third kappa shape index (κ3) is 6.00. The van der Waals surface area contributed by atoms with E-state index in [0.717, 1.165) is 63.1 Å². The first-order valence-electron chi connectivity index (χ1n) is 14.8. The van der Waals surface area contributed by atoms with Gasteiger partial charge in [-0.3, -0.25) is 4.79 Å². The fraction of sp³-hybridized carbons (Fsp3) is 0.229. The average molecular weight is 586 g/mol. The molecule has 9 nitrogen and oxygen atoms in total.